The van der Waals surface area contributed by atoms with Crippen molar-refractivity contribution in [2.75, 3.05) is 13.7 Å². The van der Waals surface area contributed by atoms with Crippen molar-refractivity contribution in [3.8, 4) is 0 Å². The van der Waals surface area contributed by atoms with Crippen molar-refractivity contribution in [3.05, 3.63) is 35.6 Å². The summed E-state index contributed by atoms with van der Waals surface area (Å²) in [6.07, 6.45) is 4.39. The van der Waals surface area contributed by atoms with E-state index in [2.05, 4.69) is 12.2 Å². The van der Waals surface area contributed by atoms with Crippen molar-refractivity contribution in [3.63, 3.8) is 0 Å². The summed E-state index contributed by atoms with van der Waals surface area (Å²) in [5.41, 5.74) is 1.09. The van der Waals surface area contributed by atoms with Gasteiger partial charge in [-0.05, 0) is 50.3 Å². The van der Waals surface area contributed by atoms with Crippen LogP contribution in [0.25, 0.3) is 0 Å². The van der Waals surface area contributed by atoms with Crippen molar-refractivity contribution >= 4 is 0 Å². The molecule has 3 heteroatoms. The van der Waals surface area contributed by atoms with E-state index in [1.807, 2.05) is 6.07 Å². The second-order valence-electron chi connectivity index (χ2n) is 5.36. The summed E-state index contributed by atoms with van der Waals surface area (Å²) < 4.78 is 18.6. The highest BCUT2D eigenvalue weighted by molar-refractivity contribution is 5.17. The average Bonchev–Trinajstić information content (AvgIpc) is 2.28. The first-order valence-corrected chi connectivity index (χ1v) is 6.66. The third-order valence-corrected chi connectivity index (χ3v) is 3.90. The molecule has 2 rings (SSSR count). The van der Waals surface area contributed by atoms with Crippen LogP contribution in [0.2, 0.25) is 0 Å². The second-order valence-corrected chi connectivity index (χ2v) is 5.36. The Balaban J connectivity index is 1.80. The second kappa shape index (κ2) is 5.81. The summed E-state index contributed by atoms with van der Waals surface area (Å²) in [5.74, 6) is -0.160. The van der Waals surface area contributed by atoms with E-state index in [0.29, 0.717) is 6.04 Å². The molecule has 1 aliphatic rings. The first kappa shape index (κ1) is 13.5. The Morgan fingerprint density at radius 1 is 1.44 bits per heavy atom. The standard InChI is InChI=1S/C15H22FNO/c1-12(9-13-5-3-6-14(16)10-13)17-11-15(18-2)7-4-8-15/h3,5-6,10,12,17H,4,7-9,11H2,1-2H3. The molecule has 1 atom stereocenters. The molecule has 0 amide bonds. The highest BCUT2D eigenvalue weighted by Crippen LogP contribution is 2.34. The van der Waals surface area contributed by atoms with E-state index >= 15 is 0 Å². The summed E-state index contributed by atoms with van der Waals surface area (Å²) in [4.78, 5) is 0. The largest absolute Gasteiger partial charge is 0.377 e. The van der Waals surface area contributed by atoms with Crippen molar-refractivity contribution in [1.82, 2.24) is 5.32 Å². The summed E-state index contributed by atoms with van der Waals surface area (Å²) >= 11 is 0. The fourth-order valence-electron chi connectivity index (χ4n) is 2.47. The molecule has 1 unspecified atom stereocenters. The lowest BCUT2D eigenvalue weighted by Gasteiger charge is -2.41. The molecule has 0 aromatic heterocycles. The molecule has 0 spiro atoms. The van der Waals surface area contributed by atoms with Crippen LogP contribution in [0, 0.1) is 5.82 Å². The smallest absolute Gasteiger partial charge is 0.123 e. The summed E-state index contributed by atoms with van der Waals surface area (Å²) in [5, 5.41) is 3.50. The van der Waals surface area contributed by atoms with Crippen LogP contribution in [0.3, 0.4) is 0 Å². The molecule has 0 saturated heterocycles. The van der Waals surface area contributed by atoms with Crippen molar-refractivity contribution in [2.24, 2.45) is 0 Å². The predicted molar refractivity (Wildman–Crippen MR) is 71.2 cm³/mol. The Kier molecular flexibility index (Phi) is 4.36. The molecular formula is C15H22FNO. The monoisotopic (exact) mass is 251 g/mol. The van der Waals surface area contributed by atoms with Gasteiger partial charge in [0.15, 0.2) is 0 Å². The maximum Gasteiger partial charge on any atom is 0.123 e. The minimum absolute atomic E-state index is 0.0518. The highest BCUT2D eigenvalue weighted by atomic mass is 19.1. The van der Waals surface area contributed by atoms with E-state index in [-0.39, 0.29) is 11.4 Å². The number of hydrogen-bond acceptors (Lipinski definition) is 2. The fourth-order valence-corrected chi connectivity index (χ4v) is 2.47. The van der Waals surface area contributed by atoms with Crippen molar-refractivity contribution < 1.29 is 9.13 Å². The number of rotatable bonds is 6. The van der Waals surface area contributed by atoms with Crippen LogP contribution >= 0.6 is 0 Å². The van der Waals surface area contributed by atoms with Crippen LogP contribution < -0.4 is 5.32 Å². The molecule has 1 aromatic rings. The van der Waals surface area contributed by atoms with Crippen molar-refractivity contribution in [2.45, 2.75) is 44.2 Å². The summed E-state index contributed by atoms with van der Waals surface area (Å²) in [7, 11) is 1.79. The van der Waals surface area contributed by atoms with Crippen molar-refractivity contribution in [1.29, 1.82) is 0 Å². The van der Waals surface area contributed by atoms with Gasteiger partial charge in [0.05, 0.1) is 5.60 Å². The fraction of sp³-hybridized carbons (Fsp3) is 0.600. The minimum atomic E-state index is -0.160. The topological polar surface area (TPSA) is 21.3 Å². The molecule has 1 aromatic carbocycles. The Morgan fingerprint density at radius 2 is 2.22 bits per heavy atom. The maximum absolute atomic E-state index is 13.1. The molecule has 0 radical (unpaired) electrons. The Labute approximate surface area is 109 Å². The van der Waals surface area contributed by atoms with Crippen LogP contribution in [0.4, 0.5) is 4.39 Å². The zero-order chi connectivity index (χ0) is 13.0. The number of hydrogen-bond donors (Lipinski definition) is 1. The number of methoxy groups -OCH3 is 1. The zero-order valence-corrected chi connectivity index (χ0v) is 11.2. The average molecular weight is 251 g/mol. The molecular weight excluding hydrogens is 229 g/mol. The first-order chi connectivity index (χ1) is 8.63. The minimum Gasteiger partial charge on any atom is -0.377 e. The summed E-state index contributed by atoms with van der Waals surface area (Å²) in [6, 6.07) is 7.15. The van der Waals surface area contributed by atoms with E-state index < -0.39 is 0 Å². The number of benzene rings is 1. The van der Waals surface area contributed by atoms with Crippen LogP contribution in [-0.4, -0.2) is 25.3 Å². The number of ether oxygens (including phenoxy) is 1. The molecule has 0 bridgehead atoms. The maximum atomic E-state index is 13.1. The van der Waals surface area contributed by atoms with Crippen LogP contribution in [0.5, 0.6) is 0 Å². The van der Waals surface area contributed by atoms with E-state index in [0.717, 1.165) is 31.4 Å². The normalized spacial score (nSPS) is 19.3. The van der Waals surface area contributed by atoms with E-state index in [4.69, 9.17) is 4.74 Å². The predicted octanol–water partition coefficient (Wildman–Crippen LogP) is 2.92. The lowest BCUT2D eigenvalue weighted by Crippen LogP contribution is -2.50. The van der Waals surface area contributed by atoms with Gasteiger partial charge in [0.25, 0.3) is 0 Å². The van der Waals surface area contributed by atoms with Gasteiger partial charge in [-0.3, -0.25) is 0 Å². The highest BCUT2D eigenvalue weighted by Gasteiger charge is 2.36. The van der Waals surface area contributed by atoms with E-state index in [1.54, 1.807) is 19.2 Å². The zero-order valence-electron chi connectivity index (χ0n) is 11.2. The molecule has 1 N–H and O–H groups in total. The van der Waals surface area contributed by atoms with Crippen LogP contribution in [0.1, 0.15) is 31.7 Å². The lowest BCUT2D eigenvalue weighted by atomic mass is 9.80. The van der Waals surface area contributed by atoms with E-state index in [1.165, 1.54) is 12.5 Å². The molecule has 2 nitrogen and oxygen atoms in total. The van der Waals surface area contributed by atoms with Gasteiger partial charge >= 0.3 is 0 Å². The lowest BCUT2D eigenvalue weighted by molar-refractivity contribution is -0.0705. The van der Waals surface area contributed by atoms with Gasteiger partial charge in [0.1, 0.15) is 5.82 Å². The molecule has 0 heterocycles. The van der Waals surface area contributed by atoms with Gasteiger partial charge in [-0.2, -0.15) is 0 Å². The molecule has 1 aliphatic carbocycles. The molecule has 1 saturated carbocycles. The number of nitrogens with one attached hydrogen (secondary N) is 1. The van der Waals surface area contributed by atoms with Gasteiger partial charge in [0, 0.05) is 19.7 Å². The first-order valence-electron chi connectivity index (χ1n) is 6.66. The van der Waals surface area contributed by atoms with Crippen LogP contribution in [0.15, 0.2) is 24.3 Å². The summed E-state index contributed by atoms with van der Waals surface area (Å²) in [6.45, 7) is 3.02. The molecule has 1 fully saturated rings. The Bertz CT molecular complexity index is 384. The van der Waals surface area contributed by atoms with Gasteiger partial charge in [-0.1, -0.05) is 12.1 Å². The third-order valence-electron chi connectivity index (χ3n) is 3.90. The van der Waals surface area contributed by atoms with Gasteiger partial charge < -0.3 is 10.1 Å². The quantitative estimate of drug-likeness (QED) is 0.839. The number of halogens is 1. The molecule has 100 valence electrons. The van der Waals surface area contributed by atoms with Gasteiger partial charge in [-0.25, -0.2) is 4.39 Å². The molecule has 0 aliphatic heterocycles. The van der Waals surface area contributed by atoms with Crippen LogP contribution in [-0.2, 0) is 11.2 Å². The Morgan fingerprint density at radius 3 is 2.78 bits per heavy atom. The SMILES string of the molecule is COC1(CNC(C)Cc2cccc(F)c2)CCC1. The van der Waals surface area contributed by atoms with E-state index in [9.17, 15) is 4.39 Å². The van der Waals surface area contributed by atoms with Gasteiger partial charge in [-0.15, -0.1) is 0 Å². The Hall–Kier alpha value is -0.930. The molecule has 18 heavy (non-hydrogen) atoms. The van der Waals surface area contributed by atoms with Gasteiger partial charge in [0.2, 0.25) is 0 Å². The third kappa shape index (κ3) is 3.30.